The summed E-state index contributed by atoms with van der Waals surface area (Å²) in [5.74, 6) is 0.774. The van der Waals surface area contributed by atoms with Gasteiger partial charge in [-0.3, -0.25) is 9.59 Å². The Morgan fingerprint density at radius 2 is 1.64 bits per heavy atom. The molecule has 1 saturated carbocycles. The maximum absolute atomic E-state index is 13.3. The third kappa shape index (κ3) is 7.34. The summed E-state index contributed by atoms with van der Waals surface area (Å²) in [5, 5.41) is 3.18. The summed E-state index contributed by atoms with van der Waals surface area (Å²) in [6.07, 6.45) is 6.27. The number of para-hydroxylation sites is 1. The summed E-state index contributed by atoms with van der Waals surface area (Å²) >= 11 is 0. The van der Waals surface area contributed by atoms with Crippen molar-refractivity contribution < 1.29 is 14.3 Å². The SMILES string of the molecule is CC(C)c1ccccc1OCC(=O)N(CCc1ccccc1)[C@@H](C)C(=O)NC1CCCCC1. The van der Waals surface area contributed by atoms with Crippen molar-refractivity contribution in [2.24, 2.45) is 0 Å². The Bertz CT molecular complexity index is 891. The van der Waals surface area contributed by atoms with E-state index in [1.54, 1.807) is 4.90 Å². The Hall–Kier alpha value is -2.82. The van der Waals surface area contributed by atoms with Crippen LogP contribution in [0.2, 0.25) is 0 Å². The third-order valence-electron chi connectivity index (χ3n) is 6.50. The average molecular weight is 451 g/mol. The molecule has 2 aromatic carbocycles. The van der Waals surface area contributed by atoms with Crippen LogP contribution in [0.1, 0.15) is 69.9 Å². The topological polar surface area (TPSA) is 58.6 Å². The summed E-state index contributed by atoms with van der Waals surface area (Å²) < 4.78 is 5.95. The van der Waals surface area contributed by atoms with Gasteiger partial charge in [0.05, 0.1) is 0 Å². The van der Waals surface area contributed by atoms with E-state index in [1.807, 2.05) is 61.5 Å². The molecule has 1 aliphatic carbocycles. The summed E-state index contributed by atoms with van der Waals surface area (Å²) in [6.45, 7) is 6.42. The van der Waals surface area contributed by atoms with Gasteiger partial charge in [0.1, 0.15) is 11.8 Å². The second-order valence-corrected chi connectivity index (χ2v) is 9.32. The molecule has 5 nitrogen and oxygen atoms in total. The van der Waals surface area contributed by atoms with Gasteiger partial charge in [-0.05, 0) is 49.3 Å². The highest BCUT2D eigenvalue weighted by molar-refractivity contribution is 5.88. The van der Waals surface area contributed by atoms with Crippen molar-refractivity contribution in [1.82, 2.24) is 10.2 Å². The molecule has 0 aliphatic heterocycles. The van der Waals surface area contributed by atoms with Crippen LogP contribution in [0.25, 0.3) is 0 Å². The Kier molecular flexibility index (Phi) is 9.35. The lowest BCUT2D eigenvalue weighted by atomic mass is 9.95. The first-order valence-corrected chi connectivity index (χ1v) is 12.3. The van der Waals surface area contributed by atoms with Gasteiger partial charge < -0.3 is 15.0 Å². The highest BCUT2D eigenvalue weighted by Gasteiger charge is 2.28. The molecule has 0 unspecified atom stereocenters. The first-order valence-electron chi connectivity index (χ1n) is 12.3. The van der Waals surface area contributed by atoms with E-state index in [4.69, 9.17) is 4.74 Å². The zero-order valence-corrected chi connectivity index (χ0v) is 20.3. The van der Waals surface area contributed by atoms with Gasteiger partial charge in [-0.15, -0.1) is 0 Å². The van der Waals surface area contributed by atoms with Crippen LogP contribution >= 0.6 is 0 Å². The van der Waals surface area contributed by atoms with Gasteiger partial charge in [0.15, 0.2) is 6.61 Å². The number of hydrogen-bond donors (Lipinski definition) is 1. The molecule has 0 aromatic heterocycles. The third-order valence-corrected chi connectivity index (χ3v) is 6.50. The minimum Gasteiger partial charge on any atom is -0.483 e. The molecular weight excluding hydrogens is 412 g/mol. The summed E-state index contributed by atoms with van der Waals surface area (Å²) in [5.41, 5.74) is 2.21. The van der Waals surface area contributed by atoms with Crippen LogP contribution in [-0.4, -0.2) is 41.9 Å². The van der Waals surface area contributed by atoms with Crippen LogP contribution in [0.15, 0.2) is 54.6 Å². The molecular formula is C28H38N2O3. The minimum atomic E-state index is -0.549. The smallest absolute Gasteiger partial charge is 0.261 e. The predicted molar refractivity (Wildman–Crippen MR) is 132 cm³/mol. The lowest BCUT2D eigenvalue weighted by molar-refractivity contribution is -0.141. The Morgan fingerprint density at radius 1 is 0.970 bits per heavy atom. The van der Waals surface area contributed by atoms with Crippen molar-refractivity contribution in [1.29, 1.82) is 0 Å². The van der Waals surface area contributed by atoms with E-state index in [-0.39, 0.29) is 24.5 Å². The van der Waals surface area contributed by atoms with Crippen LogP contribution in [-0.2, 0) is 16.0 Å². The largest absolute Gasteiger partial charge is 0.483 e. The van der Waals surface area contributed by atoms with Crippen molar-refractivity contribution >= 4 is 11.8 Å². The number of nitrogens with one attached hydrogen (secondary N) is 1. The van der Waals surface area contributed by atoms with Crippen LogP contribution in [0.5, 0.6) is 5.75 Å². The second-order valence-electron chi connectivity index (χ2n) is 9.32. The fraction of sp³-hybridized carbons (Fsp3) is 0.500. The fourth-order valence-corrected chi connectivity index (χ4v) is 4.45. The first kappa shape index (κ1) is 24.8. The standard InChI is InChI=1S/C28H38N2O3/c1-21(2)25-16-10-11-17-26(25)33-20-27(31)30(19-18-23-12-6-4-7-13-23)22(3)28(32)29-24-14-8-5-9-15-24/h4,6-7,10-13,16-17,21-22,24H,5,8-9,14-15,18-20H2,1-3H3,(H,29,32)/t22-/m0/s1. The van der Waals surface area contributed by atoms with Gasteiger partial charge in [0.2, 0.25) is 5.91 Å². The van der Waals surface area contributed by atoms with Crippen LogP contribution in [0.4, 0.5) is 0 Å². The fourth-order valence-electron chi connectivity index (χ4n) is 4.45. The molecule has 0 heterocycles. The monoisotopic (exact) mass is 450 g/mol. The molecule has 3 rings (SSSR count). The van der Waals surface area contributed by atoms with Gasteiger partial charge in [-0.1, -0.05) is 81.6 Å². The van der Waals surface area contributed by atoms with E-state index in [9.17, 15) is 9.59 Å². The van der Waals surface area contributed by atoms with E-state index >= 15 is 0 Å². The maximum Gasteiger partial charge on any atom is 0.261 e. The number of rotatable bonds is 10. The van der Waals surface area contributed by atoms with Crippen LogP contribution < -0.4 is 10.1 Å². The van der Waals surface area contributed by atoms with E-state index in [0.717, 1.165) is 42.6 Å². The highest BCUT2D eigenvalue weighted by Crippen LogP contribution is 2.26. The molecule has 178 valence electrons. The summed E-state index contributed by atoms with van der Waals surface area (Å²) in [4.78, 5) is 28.0. The molecule has 1 fully saturated rings. The number of benzene rings is 2. The lowest BCUT2D eigenvalue weighted by Crippen LogP contribution is -2.52. The Labute approximate surface area is 198 Å². The molecule has 33 heavy (non-hydrogen) atoms. The second kappa shape index (κ2) is 12.4. The zero-order valence-electron chi connectivity index (χ0n) is 20.3. The van der Waals surface area contributed by atoms with Crippen LogP contribution in [0, 0.1) is 0 Å². The van der Waals surface area contributed by atoms with E-state index < -0.39 is 6.04 Å². The number of carbonyl (C=O) groups is 2. The van der Waals surface area contributed by atoms with Gasteiger partial charge in [-0.2, -0.15) is 0 Å². The molecule has 0 bridgehead atoms. The molecule has 1 atom stereocenters. The first-order chi connectivity index (χ1) is 16.0. The molecule has 1 N–H and O–H groups in total. The number of amides is 2. The van der Waals surface area contributed by atoms with Gasteiger partial charge >= 0.3 is 0 Å². The molecule has 0 saturated heterocycles. The van der Waals surface area contributed by atoms with Gasteiger partial charge in [0, 0.05) is 12.6 Å². The predicted octanol–water partition coefficient (Wildman–Crippen LogP) is 5.10. The number of carbonyl (C=O) groups excluding carboxylic acids is 2. The Balaban J connectivity index is 1.68. The van der Waals surface area contributed by atoms with E-state index in [1.165, 1.54) is 6.42 Å². The van der Waals surface area contributed by atoms with Crippen molar-refractivity contribution in [3.05, 3.63) is 65.7 Å². The normalized spacial score (nSPS) is 15.2. The summed E-state index contributed by atoms with van der Waals surface area (Å²) in [6, 6.07) is 17.5. The van der Waals surface area contributed by atoms with Gasteiger partial charge in [-0.25, -0.2) is 0 Å². The van der Waals surface area contributed by atoms with Crippen molar-refractivity contribution in [2.45, 2.75) is 77.3 Å². The molecule has 2 aromatic rings. The average Bonchev–Trinajstić information content (AvgIpc) is 2.84. The highest BCUT2D eigenvalue weighted by atomic mass is 16.5. The molecule has 0 spiro atoms. The van der Waals surface area contributed by atoms with Crippen molar-refractivity contribution in [3.8, 4) is 5.75 Å². The van der Waals surface area contributed by atoms with Gasteiger partial charge in [0.25, 0.3) is 5.91 Å². The number of ether oxygens (including phenoxy) is 1. The molecule has 0 radical (unpaired) electrons. The zero-order chi connectivity index (χ0) is 23.6. The minimum absolute atomic E-state index is 0.0779. The quantitative estimate of drug-likeness (QED) is 0.548. The van der Waals surface area contributed by atoms with Crippen molar-refractivity contribution in [2.75, 3.05) is 13.2 Å². The molecule has 2 amide bonds. The summed E-state index contributed by atoms with van der Waals surface area (Å²) in [7, 11) is 0. The maximum atomic E-state index is 13.3. The lowest BCUT2D eigenvalue weighted by Gasteiger charge is -2.31. The molecule has 5 heteroatoms. The van der Waals surface area contributed by atoms with E-state index in [0.29, 0.717) is 18.9 Å². The van der Waals surface area contributed by atoms with E-state index in [2.05, 4.69) is 19.2 Å². The molecule has 1 aliphatic rings. The Morgan fingerprint density at radius 3 is 2.33 bits per heavy atom. The number of hydrogen-bond acceptors (Lipinski definition) is 3. The van der Waals surface area contributed by atoms with Crippen molar-refractivity contribution in [3.63, 3.8) is 0 Å². The van der Waals surface area contributed by atoms with Crippen LogP contribution in [0.3, 0.4) is 0 Å². The number of nitrogens with zero attached hydrogens (tertiary/aromatic N) is 1.